The lowest BCUT2D eigenvalue weighted by Gasteiger charge is -2.25. The number of Topliss-reactive ketones (excluding diaryl/α,β-unsaturated/α-hetero) is 1. The van der Waals surface area contributed by atoms with Crippen LogP contribution in [0.2, 0.25) is 0 Å². The smallest absolute Gasteiger partial charge is 0.237 e. The first-order chi connectivity index (χ1) is 15.9. The van der Waals surface area contributed by atoms with Crippen molar-refractivity contribution in [3.63, 3.8) is 0 Å². The maximum atomic E-state index is 13.0. The van der Waals surface area contributed by atoms with E-state index in [2.05, 4.69) is 71.5 Å². The molecule has 4 nitrogen and oxygen atoms in total. The third kappa shape index (κ3) is 3.74. The number of allylic oxidation sites excluding steroid dienone is 3. The van der Waals surface area contributed by atoms with Crippen LogP contribution in [0, 0.1) is 62.0 Å². The van der Waals surface area contributed by atoms with Gasteiger partial charge in [-0.25, -0.2) is 4.85 Å². The fourth-order valence-corrected chi connectivity index (χ4v) is 5.50. The Balaban J connectivity index is 2.39. The van der Waals surface area contributed by atoms with Crippen molar-refractivity contribution in [2.24, 2.45) is 0 Å². The zero-order valence-electron chi connectivity index (χ0n) is 22.5. The predicted molar refractivity (Wildman–Crippen MR) is 143 cm³/mol. The fourth-order valence-electron chi connectivity index (χ4n) is 5.50. The summed E-state index contributed by atoms with van der Waals surface area (Å²) in [7, 11) is 5.84. The van der Waals surface area contributed by atoms with Crippen LogP contribution in [-0.2, 0) is 4.79 Å². The molecule has 0 bridgehead atoms. The van der Waals surface area contributed by atoms with Crippen LogP contribution in [0.4, 0.5) is 5.69 Å². The van der Waals surface area contributed by atoms with E-state index in [0.29, 0.717) is 0 Å². The molecule has 2 aromatic carbocycles. The van der Waals surface area contributed by atoms with Crippen LogP contribution in [-0.4, -0.2) is 27.0 Å². The molecule has 2 aromatic rings. The maximum absolute atomic E-state index is 13.0. The Bertz CT molecular complexity index is 1270. The molecule has 0 atom stereocenters. The van der Waals surface area contributed by atoms with Crippen LogP contribution in [0.15, 0.2) is 11.3 Å². The van der Waals surface area contributed by atoms with Gasteiger partial charge in [0, 0.05) is 26.2 Å². The number of rotatable bonds is 4. The number of benzene rings is 2. The lowest BCUT2D eigenvalue weighted by molar-refractivity contribution is -0.114. The van der Waals surface area contributed by atoms with Crippen LogP contribution in [0.25, 0.3) is 16.5 Å². The number of hydrogen-bond acceptors (Lipinski definition) is 3. The van der Waals surface area contributed by atoms with Crippen molar-refractivity contribution >= 4 is 23.1 Å². The molecule has 178 valence electrons. The number of ether oxygens (including phenoxy) is 1. The van der Waals surface area contributed by atoms with E-state index in [-0.39, 0.29) is 17.9 Å². The van der Waals surface area contributed by atoms with Gasteiger partial charge >= 0.3 is 0 Å². The summed E-state index contributed by atoms with van der Waals surface area (Å²) in [6, 6.07) is 0. The Morgan fingerprint density at radius 1 is 0.824 bits per heavy atom. The molecule has 34 heavy (non-hydrogen) atoms. The van der Waals surface area contributed by atoms with Gasteiger partial charge in [0.2, 0.25) is 5.70 Å². The van der Waals surface area contributed by atoms with E-state index in [9.17, 15) is 4.79 Å². The summed E-state index contributed by atoms with van der Waals surface area (Å²) >= 11 is 0. The van der Waals surface area contributed by atoms with E-state index in [1.54, 1.807) is 7.11 Å². The van der Waals surface area contributed by atoms with Gasteiger partial charge in [0.1, 0.15) is 5.75 Å². The molecule has 3 rings (SSSR count). The van der Waals surface area contributed by atoms with Gasteiger partial charge < -0.3 is 14.4 Å². The van der Waals surface area contributed by atoms with Gasteiger partial charge in [0.25, 0.3) is 0 Å². The molecule has 0 spiro atoms. The summed E-state index contributed by atoms with van der Waals surface area (Å²) in [6.45, 7) is 24.6. The van der Waals surface area contributed by atoms with Crippen molar-refractivity contribution in [3.05, 3.63) is 78.3 Å². The average Bonchev–Trinajstić information content (AvgIpc) is 3.09. The number of carbonyl (C=O) groups is 1. The lowest BCUT2D eigenvalue weighted by Crippen LogP contribution is -2.14. The highest BCUT2D eigenvalue weighted by Gasteiger charge is 2.32. The zero-order valence-corrected chi connectivity index (χ0v) is 22.5. The van der Waals surface area contributed by atoms with Crippen LogP contribution in [0.5, 0.6) is 5.75 Å². The Labute approximate surface area is 204 Å². The monoisotopic (exact) mass is 456 g/mol. The number of anilines is 1. The topological polar surface area (TPSA) is 33.9 Å². The molecule has 0 fully saturated rings. The molecule has 0 radical (unpaired) electrons. The number of nitrogens with zero attached hydrogens (tertiary/aromatic N) is 2. The van der Waals surface area contributed by atoms with Gasteiger partial charge in [0.15, 0.2) is 5.78 Å². The van der Waals surface area contributed by atoms with E-state index in [0.717, 1.165) is 50.3 Å². The zero-order chi connectivity index (χ0) is 25.6. The normalized spacial score (nSPS) is 14.8. The molecule has 0 aliphatic heterocycles. The Morgan fingerprint density at radius 2 is 1.32 bits per heavy atom. The van der Waals surface area contributed by atoms with E-state index in [1.807, 2.05) is 13.8 Å². The largest absolute Gasteiger partial charge is 0.496 e. The summed E-state index contributed by atoms with van der Waals surface area (Å²) < 4.78 is 5.68. The highest BCUT2D eigenvalue weighted by Crippen LogP contribution is 2.45. The predicted octanol–water partition coefficient (Wildman–Crippen LogP) is 6.92. The second-order valence-electron chi connectivity index (χ2n) is 9.67. The summed E-state index contributed by atoms with van der Waals surface area (Å²) in [6.07, 6.45) is 2.41. The molecule has 0 amide bonds. The molecular formula is C30H36N2O2. The Morgan fingerprint density at radius 3 is 1.74 bits per heavy atom. The van der Waals surface area contributed by atoms with Crippen molar-refractivity contribution in [1.29, 1.82) is 0 Å². The van der Waals surface area contributed by atoms with Crippen molar-refractivity contribution in [2.75, 3.05) is 26.1 Å². The van der Waals surface area contributed by atoms with Crippen LogP contribution >= 0.6 is 0 Å². The Kier molecular flexibility index (Phi) is 6.80. The van der Waals surface area contributed by atoms with Gasteiger partial charge in [-0.2, -0.15) is 0 Å². The third-order valence-corrected chi connectivity index (χ3v) is 7.70. The van der Waals surface area contributed by atoms with Crippen molar-refractivity contribution < 1.29 is 9.53 Å². The van der Waals surface area contributed by atoms with Gasteiger partial charge in [-0.15, -0.1) is 0 Å². The molecule has 1 aliphatic rings. The average molecular weight is 457 g/mol. The maximum Gasteiger partial charge on any atom is 0.237 e. The van der Waals surface area contributed by atoms with Gasteiger partial charge in [-0.3, -0.25) is 0 Å². The molecule has 1 aliphatic carbocycles. The second-order valence-corrected chi connectivity index (χ2v) is 9.67. The molecule has 0 unspecified atom stereocenters. The van der Waals surface area contributed by atoms with E-state index in [4.69, 9.17) is 11.3 Å². The molecule has 0 saturated heterocycles. The molecule has 0 aromatic heterocycles. The van der Waals surface area contributed by atoms with Crippen LogP contribution in [0.3, 0.4) is 0 Å². The summed E-state index contributed by atoms with van der Waals surface area (Å²) in [5.74, 6) is 0.769. The number of ketones is 1. The third-order valence-electron chi connectivity index (χ3n) is 7.70. The Hall–Kier alpha value is -3.32. The van der Waals surface area contributed by atoms with E-state index < -0.39 is 0 Å². The fraction of sp³-hybridized carbons (Fsp3) is 0.400. The quantitative estimate of drug-likeness (QED) is 0.469. The summed E-state index contributed by atoms with van der Waals surface area (Å²) in [5, 5.41) is 0. The van der Waals surface area contributed by atoms with Gasteiger partial charge in [-0.05, 0) is 122 Å². The van der Waals surface area contributed by atoms with Gasteiger partial charge in [-0.1, -0.05) is 6.08 Å². The van der Waals surface area contributed by atoms with Gasteiger partial charge in [0.05, 0.1) is 13.7 Å². The van der Waals surface area contributed by atoms with Crippen LogP contribution < -0.4 is 9.64 Å². The molecule has 4 heteroatoms. The SMILES string of the molecule is [C-]#[N+]C1=C(c2c(C)c(C)c(OC)c(C)c2C)/C(=C\c2c(C)c(C)c(N(C)C)c(C)c2C)CC1=O. The molecular weight excluding hydrogens is 420 g/mol. The molecule has 0 saturated carbocycles. The van der Waals surface area contributed by atoms with E-state index in [1.165, 1.54) is 27.9 Å². The highest BCUT2D eigenvalue weighted by atomic mass is 16.5. The highest BCUT2D eigenvalue weighted by molar-refractivity contribution is 6.17. The summed E-state index contributed by atoms with van der Waals surface area (Å²) in [5.41, 5.74) is 14.4. The number of carbonyl (C=O) groups excluding carboxylic acids is 1. The number of methoxy groups -OCH3 is 1. The van der Waals surface area contributed by atoms with Crippen molar-refractivity contribution in [3.8, 4) is 5.75 Å². The standard InChI is InChI=1S/C30H36N2O2/c1-15-19(5)29(32(10)11)20(6)16(2)24(15)13-23-14-25(33)28(31-9)27(23)26-17(3)21(7)30(34-12)22(8)18(26)4/h13H,14H2,1-8,10-12H3/b23-13-. The van der Waals surface area contributed by atoms with Crippen LogP contribution in [0.1, 0.15) is 62.1 Å². The first-order valence-electron chi connectivity index (χ1n) is 11.7. The summed E-state index contributed by atoms with van der Waals surface area (Å²) in [4.78, 5) is 18.9. The minimum Gasteiger partial charge on any atom is -0.496 e. The number of hydrogen-bond donors (Lipinski definition) is 0. The second kappa shape index (κ2) is 9.14. The minimum atomic E-state index is -0.102. The molecule has 0 N–H and O–H groups in total. The lowest BCUT2D eigenvalue weighted by atomic mass is 9.84. The van der Waals surface area contributed by atoms with Crippen molar-refractivity contribution in [2.45, 2.75) is 61.8 Å². The van der Waals surface area contributed by atoms with E-state index >= 15 is 0 Å². The van der Waals surface area contributed by atoms with Crippen molar-refractivity contribution in [1.82, 2.24) is 0 Å². The minimum absolute atomic E-state index is 0.102. The first kappa shape index (κ1) is 25.3. The first-order valence-corrected chi connectivity index (χ1v) is 11.7. The molecule has 0 heterocycles.